The van der Waals surface area contributed by atoms with Crippen molar-refractivity contribution in [3.63, 3.8) is 0 Å². The number of nitrogens with zero attached hydrogens (tertiary/aromatic N) is 2. The summed E-state index contributed by atoms with van der Waals surface area (Å²) in [6.45, 7) is 9.68. The third-order valence-electron chi connectivity index (χ3n) is 7.05. The lowest BCUT2D eigenvalue weighted by Crippen LogP contribution is -2.51. The zero-order chi connectivity index (χ0) is 28.6. The fraction of sp³-hybridized carbons (Fsp3) is 0.355. The van der Waals surface area contributed by atoms with Gasteiger partial charge in [0.2, 0.25) is 11.8 Å². The first-order valence-corrected chi connectivity index (χ1v) is 14.8. The van der Waals surface area contributed by atoms with Crippen molar-refractivity contribution < 1.29 is 18.0 Å². The lowest BCUT2D eigenvalue weighted by Gasteiger charge is -2.33. The number of amides is 2. The molecule has 2 amide bonds. The quantitative estimate of drug-likeness (QED) is 0.317. The molecule has 0 unspecified atom stereocenters. The van der Waals surface area contributed by atoms with E-state index >= 15 is 0 Å². The molecular formula is C31H39N3O4S. The van der Waals surface area contributed by atoms with E-state index in [0.717, 1.165) is 35.1 Å². The van der Waals surface area contributed by atoms with Crippen molar-refractivity contribution in [2.24, 2.45) is 0 Å². The molecule has 0 saturated carbocycles. The van der Waals surface area contributed by atoms with E-state index < -0.39 is 28.5 Å². The van der Waals surface area contributed by atoms with Crippen molar-refractivity contribution in [1.82, 2.24) is 10.2 Å². The average molecular weight is 550 g/mol. The van der Waals surface area contributed by atoms with E-state index in [0.29, 0.717) is 12.2 Å². The molecule has 0 bridgehead atoms. The maximum atomic E-state index is 14.0. The van der Waals surface area contributed by atoms with Gasteiger partial charge in [0.1, 0.15) is 12.6 Å². The topological polar surface area (TPSA) is 86.8 Å². The molecule has 0 radical (unpaired) electrons. The number of hydrogen-bond donors (Lipinski definition) is 1. The first-order chi connectivity index (χ1) is 18.6. The molecule has 39 heavy (non-hydrogen) atoms. The monoisotopic (exact) mass is 549 g/mol. The van der Waals surface area contributed by atoms with Crippen molar-refractivity contribution >= 4 is 27.5 Å². The fourth-order valence-corrected chi connectivity index (χ4v) is 5.82. The second-order valence-electron chi connectivity index (χ2n) is 9.81. The molecule has 0 fully saturated rings. The fourth-order valence-electron chi connectivity index (χ4n) is 4.33. The van der Waals surface area contributed by atoms with Crippen LogP contribution in [0.4, 0.5) is 5.69 Å². The third-order valence-corrected chi connectivity index (χ3v) is 8.83. The van der Waals surface area contributed by atoms with Gasteiger partial charge in [-0.2, -0.15) is 0 Å². The molecule has 3 aromatic carbocycles. The molecule has 3 rings (SSSR count). The normalized spacial score (nSPS) is 12.0. The van der Waals surface area contributed by atoms with Crippen molar-refractivity contribution in [1.29, 1.82) is 0 Å². The summed E-state index contributed by atoms with van der Waals surface area (Å²) in [5.41, 5.74) is 3.98. The number of aryl methyl sites for hydroxylation is 2. The van der Waals surface area contributed by atoms with Crippen molar-refractivity contribution in [2.45, 2.75) is 64.9 Å². The highest BCUT2D eigenvalue weighted by Gasteiger charge is 2.33. The van der Waals surface area contributed by atoms with Gasteiger partial charge >= 0.3 is 0 Å². The van der Waals surface area contributed by atoms with Crippen LogP contribution in [0.3, 0.4) is 0 Å². The maximum Gasteiger partial charge on any atom is 0.264 e. The second kappa shape index (κ2) is 13.4. The van der Waals surface area contributed by atoms with Crippen molar-refractivity contribution in [3.05, 3.63) is 95.1 Å². The van der Waals surface area contributed by atoms with E-state index in [-0.39, 0.29) is 17.3 Å². The Hall–Kier alpha value is -3.65. The summed E-state index contributed by atoms with van der Waals surface area (Å²) in [6, 6.07) is 20.4. The first-order valence-electron chi connectivity index (χ1n) is 13.3. The van der Waals surface area contributed by atoms with E-state index in [2.05, 4.69) is 5.32 Å². The predicted molar refractivity (Wildman–Crippen MR) is 156 cm³/mol. The number of rotatable bonds is 12. The molecular weight excluding hydrogens is 510 g/mol. The minimum absolute atomic E-state index is 0.0921. The number of hydrogen-bond acceptors (Lipinski definition) is 4. The summed E-state index contributed by atoms with van der Waals surface area (Å²) in [7, 11) is -4.08. The number of carbonyl (C=O) groups is 2. The highest BCUT2D eigenvalue weighted by Crippen LogP contribution is 2.29. The molecule has 208 valence electrons. The van der Waals surface area contributed by atoms with Crippen molar-refractivity contribution in [2.75, 3.05) is 17.4 Å². The molecule has 0 spiro atoms. The summed E-state index contributed by atoms with van der Waals surface area (Å²) in [5.74, 6) is -0.730. The van der Waals surface area contributed by atoms with Gasteiger partial charge in [0.15, 0.2) is 0 Å². The van der Waals surface area contributed by atoms with Gasteiger partial charge in [-0.3, -0.25) is 13.9 Å². The summed E-state index contributed by atoms with van der Waals surface area (Å²) in [5, 5.41) is 2.91. The van der Waals surface area contributed by atoms with Crippen LogP contribution in [0.5, 0.6) is 0 Å². The summed E-state index contributed by atoms with van der Waals surface area (Å²) in [4.78, 5) is 28.7. The Bertz CT molecular complexity index is 1390. The Morgan fingerprint density at radius 1 is 0.872 bits per heavy atom. The lowest BCUT2D eigenvalue weighted by molar-refractivity contribution is -0.139. The molecule has 1 atom stereocenters. The maximum absolute atomic E-state index is 14.0. The van der Waals surface area contributed by atoms with Gasteiger partial charge in [0.05, 0.1) is 10.6 Å². The van der Waals surface area contributed by atoms with Crippen LogP contribution in [0.2, 0.25) is 0 Å². The van der Waals surface area contributed by atoms with Gasteiger partial charge in [0, 0.05) is 13.1 Å². The van der Waals surface area contributed by atoms with Crippen LogP contribution in [0.15, 0.2) is 77.7 Å². The zero-order valence-corrected chi connectivity index (χ0v) is 24.3. The number of benzene rings is 3. The van der Waals surface area contributed by atoms with Gasteiger partial charge in [-0.1, -0.05) is 67.9 Å². The number of anilines is 1. The molecule has 0 aliphatic rings. The van der Waals surface area contributed by atoms with Gasteiger partial charge < -0.3 is 10.2 Å². The van der Waals surface area contributed by atoms with Crippen LogP contribution in [-0.4, -0.2) is 44.3 Å². The molecule has 3 aromatic rings. The number of sulfonamides is 1. The highest BCUT2D eigenvalue weighted by atomic mass is 32.2. The molecule has 0 aromatic heterocycles. The summed E-state index contributed by atoms with van der Waals surface area (Å²) in [6.07, 6.45) is 1.77. The molecule has 8 heteroatoms. The minimum Gasteiger partial charge on any atom is -0.354 e. The van der Waals surface area contributed by atoms with Gasteiger partial charge in [0.25, 0.3) is 10.0 Å². The minimum atomic E-state index is -4.08. The Morgan fingerprint density at radius 3 is 2.18 bits per heavy atom. The van der Waals surface area contributed by atoms with E-state index in [1.54, 1.807) is 37.3 Å². The predicted octanol–water partition coefficient (Wildman–Crippen LogP) is 5.14. The van der Waals surface area contributed by atoms with Crippen LogP contribution in [0, 0.1) is 20.8 Å². The lowest BCUT2D eigenvalue weighted by atomic mass is 10.1. The SMILES string of the molecule is CCCCNC(=O)[C@@H](C)N(Cc1ccccc1C)C(=O)CN(c1cccc(C)c1C)S(=O)(=O)c1ccccc1. The number of unbranched alkanes of at least 4 members (excludes halogenated alkanes) is 1. The van der Waals surface area contributed by atoms with Crippen LogP contribution in [-0.2, 0) is 26.2 Å². The van der Waals surface area contributed by atoms with E-state index in [4.69, 9.17) is 0 Å². The number of carbonyl (C=O) groups excluding carboxylic acids is 2. The van der Waals surface area contributed by atoms with Gasteiger partial charge in [-0.25, -0.2) is 8.42 Å². The van der Waals surface area contributed by atoms with E-state index in [1.807, 2.05) is 58.0 Å². The molecule has 0 saturated heterocycles. The van der Waals surface area contributed by atoms with Crippen LogP contribution >= 0.6 is 0 Å². The Labute approximate surface area is 232 Å². The van der Waals surface area contributed by atoms with E-state index in [9.17, 15) is 18.0 Å². The van der Waals surface area contributed by atoms with E-state index in [1.165, 1.54) is 21.3 Å². The standard InChI is InChI=1S/C31H39N3O4S/c1-6-7-20-32-31(36)26(5)33(21-27-16-12-11-14-24(27)3)30(35)22-34(29-19-13-15-23(2)25(29)4)39(37,38)28-17-9-8-10-18-28/h8-19,26H,6-7,20-22H2,1-5H3,(H,32,36)/t26-/m1/s1. The molecule has 0 aliphatic carbocycles. The molecule has 1 N–H and O–H groups in total. The Morgan fingerprint density at radius 2 is 1.51 bits per heavy atom. The number of nitrogens with one attached hydrogen (secondary N) is 1. The van der Waals surface area contributed by atoms with Crippen LogP contribution in [0.25, 0.3) is 0 Å². The van der Waals surface area contributed by atoms with Crippen LogP contribution in [0.1, 0.15) is 48.9 Å². The molecule has 0 aliphatic heterocycles. The van der Waals surface area contributed by atoms with Gasteiger partial charge in [-0.15, -0.1) is 0 Å². The smallest absolute Gasteiger partial charge is 0.264 e. The second-order valence-corrected chi connectivity index (χ2v) is 11.7. The zero-order valence-electron chi connectivity index (χ0n) is 23.5. The first kappa shape index (κ1) is 29.9. The summed E-state index contributed by atoms with van der Waals surface area (Å²) < 4.78 is 29.0. The summed E-state index contributed by atoms with van der Waals surface area (Å²) >= 11 is 0. The average Bonchev–Trinajstić information content (AvgIpc) is 2.93. The third kappa shape index (κ3) is 7.26. The van der Waals surface area contributed by atoms with Crippen molar-refractivity contribution in [3.8, 4) is 0 Å². The highest BCUT2D eigenvalue weighted by molar-refractivity contribution is 7.92. The largest absolute Gasteiger partial charge is 0.354 e. The van der Waals surface area contributed by atoms with Gasteiger partial charge in [-0.05, 0) is 74.6 Å². The molecule has 0 heterocycles. The Balaban J connectivity index is 2.04. The molecule has 7 nitrogen and oxygen atoms in total. The Kier molecular flexibility index (Phi) is 10.3. The van der Waals surface area contributed by atoms with Crippen LogP contribution < -0.4 is 9.62 Å².